The molecule has 2 unspecified atom stereocenters. The predicted octanol–water partition coefficient (Wildman–Crippen LogP) is 1.86. The van der Waals surface area contributed by atoms with Crippen molar-refractivity contribution in [2.45, 2.75) is 50.8 Å². The third-order valence-corrected chi connectivity index (χ3v) is 3.64. The maximum atomic E-state index is 9.36. The van der Waals surface area contributed by atoms with Gasteiger partial charge in [-0.05, 0) is 20.8 Å². The van der Waals surface area contributed by atoms with Crippen molar-refractivity contribution in [1.29, 1.82) is 0 Å². The minimum absolute atomic E-state index is 0.224. The van der Waals surface area contributed by atoms with Crippen molar-refractivity contribution in [1.82, 2.24) is 14.8 Å². The standard InChI is InChI=1S/C10H19N3OS/c1-7(2)13-10(11-6-12-13)5-15-9(4)8(3)14/h6-9,14H,5H2,1-4H3. The monoisotopic (exact) mass is 229 g/mol. The Labute approximate surface area is 95.1 Å². The van der Waals surface area contributed by atoms with Crippen molar-refractivity contribution < 1.29 is 5.11 Å². The van der Waals surface area contributed by atoms with Crippen LogP contribution < -0.4 is 0 Å². The molecule has 0 saturated carbocycles. The summed E-state index contributed by atoms with van der Waals surface area (Å²) >= 11 is 1.70. The zero-order valence-corrected chi connectivity index (χ0v) is 10.5. The largest absolute Gasteiger partial charge is 0.392 e. The van der Waals surface area contributed by atoms with Crippen LogP contribution in [0, 0.1) is 0 Å². The summed E-state index contributed by atoms with van der Waals surface area (Å²) in [7, 11) is 0. The summed E-state index contributed by atoms with van der Waals surface area (Å²) in [5.74, 6) is 1.77. The number of hydrogen-bond acceptors (Lipinski definition) is 4. The van der Waals surface area contributed by atoms with Gasteiger partial charge in [0.1, 0.15) is 12.2 Å². The molecule has 15 heavy (non-hydrogen) atoms. The van der Waals surface area contributed by atoms with E-state index < -0.39 is 0 Å². The highest BCUT2D eigenvalue weighted by Gasteiger charge is 2.12. The number of thioether (sulfide) groups is 1. The summed E-state index contributed by atoms with van der Waals surface area (Å²) in [5, 5.41) is 13.8. The second-order valence-corrected chi connectivity index (χ2v) is 5.34. The van der Waals surface area contributed by atoms with Gasteiger partial charge in [0.15, 0.2) is 0 Å². The molecule has 0 amide bonds. The van der Waals surface area contributed by atoms with E-state index in [1.165, 1.54) is 0 Å². The van der Waals surface area contributed by atoms with Gasteiger partial charge in [-0.25, -0.2) is 9.67 Å². The fraction of sp³-hybridized carbons (Fsp3) is 0.800. The van der Waals surface area contributed by atoms with Gasteiger partial charge in [0.25, 0.3) is 0 Å². The third-order valence-electron chi connectivity index (χ3n) is 2.29. The molecule has 1 rings (SSSR count). The molecule has 1 N–H and O–H groups in total. The maximum Gasteiger partial charge on any atom is 0.138 e. The van der Waals surface area contributed by atoms with Gasteiger partial charge in [-0.2, -0.15) is 5.10 Å². The molecule has 0 aromatic carbocycles. The molecular weight excluding hydrogens is 210 g/mol. The zero-order chi connectivity index (χ0) is 11.4. The van der Waals surface area contributed by atoms with Crippen LogP contribution >= 0.6 is 11.8 Å². The van der Waals surface area contributed by atoms with E-state index in [-0.39, 0.29) is 11.4 Å². The van der Waals surface area contributed by atoms with Gasteiger partial charge in [0.05, 0.1) is 11.9 Å². The summed E-state index contributed by atoms with van der Waals surface area (Å²) < 4.78 is 1.92. The van der Waals surface area contributed by atoms with Crippen molar-refractivity contribution >= 4 is 11.8 Å². The van der Waals surface area contributed by atoms with E-state index in [1.54, 1.807) is 18.1 Å². The Bertz CT molecular complexity index is 299. The van der Waals surface area contributed by atoms with Gasteiger partial charge in [-0.15, -0.1) is 11.8 Å². The summed E-state index contributed by atoms with van der Waals surface area (Å²) in [6.45, 7) is 8.00. The van der Waals surface area contributed by atoms with E-state index in [1.807, 2.05) is 18.5 Å². The number of aromatic nitrogens is 3. The highest BCUT2D eigenvalue weighted by atomic mass is 32.2. The van der Waals surface area contributed by atoms with E-state index in [0.717, 1.165) is 11.6 Å². The van der Waals surface area contributed by atoms with E-state index in [0.29, 0.717) is 6.04 Å². The zero-order valence-electron chi connectivity index (χ0n) is 9.71. The summed E-state index contributed by atoms with van der Waals surface area (Å²) in [6, 6.07) is 0.338. The molecule has 0 saturated heterocycles. The molecular formula is C10H19N3OS. The van der Waals surface area contributed by atoms with Crippen molar-refractivity contribution in [3.05, 3.63) is 12.2 Å². The van der Waals surface area contributed by atoms with Crippen LogP contribution in [-0.2, 0) is 5.75 Å². The Morgan fingerprint density at radius 3 is 2.60 bits per heavy atom. The van der Waals surface area contributed by atoms with Crippen molar-refractivity contribution in [2.75, 3.05) is 0 Å². The Balaban J connectivity index is 2.54. The molecule has 1 aromatic rings. The van der Waals surface area contributed by atoms with Gasteiger partial charge in [-0.1, -0.05) is 6.92 Å². The molecule has 0 bridgehead atoms. The molecule has 86 valence electrons. The molecule has 5 heteroatoms. The molecule has 0 fully saturated rings. The van der Waals surface area contributed by atoms with Crippen LogP contribution in [0.2, 0.25) is 0 Å². The van der Waals surface area contributed by atoms with E-state index in [9.17, 15) is 5.11 Å². The average Bonchev–Trinajstić information content (AvgIpc) is 2.61. The van der Waals surface area contributed by atoms with Crippen LogP contribution in [0.3, 0.4) is 0 Å². The van der Waals surface area contributed by atoms with Crippen LogP contribution in [0.5, 0.6) is 0 Å². The fourth-order valence-corrected chi connectivity index (χ4v) is 2.05. The predicted molar refractivity (Wildman–Crippen MR) is 62.8 cm³/mol. The third kappa shape index (κ3) is 3.50. The average molecular weight is 229 g/mol. The first-order valence-electron chi connectivity index (χ1n) is 5.20. The lowest BCUT2D eigenvalue weighted by molar-refractivity contribution is 0.196. The van der Waals surface area contributed by atoms with Gasteiger partial charge < -0.3 is 5.11 Å². The summed E-state index contributed by atoms with van der Waals surface area (Å²) in [4.78, 5) is 4.22. The number of aliphatic hydroxyl groups excluding tert-OH is 1. The lowest BCUT2D eigenvalue weighted by Crippen LogP contribution is -2.16. The first kappa shape index (κ1) is 12.5. The van der Waals surface area contributed by atoms with E-state index in [4.69, 9.17) is 0 Å². The van der Waals surface area contributed by atoms with Gasteiger partial charge >= 0.3 is 0 Å². The molecule has 0 aliphatic carbocycles. The number of aliphatic hydroxyl groups is 1. The van der Waals surface area contributed by atoms with Crippen LogP contribution in [0.1, 0.15) is 39.6 Å². The minimum atomic E-state index is -0.287. The quantitative estimate of drug-likeness (QED) is 0.837. The van der Waals surface area contributed by atoms with Crippen molar-refractivity contribution in [2.24, 2.45) is 0 Å². The molecule has 0 spiro atoms. The van der Waals surface area contributed by atoms with Crippen molar-refractivity contribution in [3.8, 4) is 0 Å². The lowest BCUT2D eigenvalue weighted by atomic mass is 10.3. The van der Waals surface area contributed by atoms with Gasteiger partial charge in [-0.3, -0.25) is 0 Å². The number of rotatable bonds is 5. The lowest BCUT2D eigenvalue weighted by Gasteiger charge is -2.14. The maximum absolute atomic E-state index is 9.36. The highest BCUT2D eigenvalue weighted by Crippen LogP contribution is 2.19. The molecule has 1 aromatic heterocycles. The Morgan fingerprint density at radius 2 is 2.07 bits per heavy atom. The van der Waals surface area contributed by atoms with Crippen LogP contribution in [0.4, 0.5) is 0 Å². The molecule has 0 radical (unpaired) electrons. The topological polar surface area (TPSA) is 50.9 Å². The summed E-state index contributed by atoms with van der Waals surface area (Å²) in [6.07, 6.45) is 1.30. The van der Waals surface area contributed by atoms with E-state index >= 15 is 0 Å². The summed E-state index contributed by atoms with van der Waals surface area (Å²) in [5.41, 5.74) is 0. The first-order chi connectivity index (χ1) is 7.02. The second kappa shape index (κ2) is 5.51. The molecule has 1 heterocycles. The smallest absolute Gasteiger partial charge is 0.138 e. The van der Waals surface area contributed by atoms with E-state index in [2.05, 4.69) is 23.9 Å². The second-order valence-electron chi connectivity index (χ2n) is 3.97. The molecule has 0 aliphatic rings. The SMILES string of the molecule is CC(O)C(C)SCc1ncnn1C(C)C. The van der Waals surface area contributed by atoms with Gasteiger partial charge in [0.2, 0.25) is 0 Å². The van der Waals surface area contributed by atoms with Crippen LogP contribution in [0.15, 0.2) is 6.33 Å². The number of hydrogen-bond donors (Lipinski definition) is 1. The molecule has 0 aliphatic heterocycles. The normalized spacial score (nSPS) is 15.6. The van der Waals surface area contributed by atoms with Crippen LogP contribution in [-0.4, -0.2) is 31.2 Å². The minimum Gasteiger partial charge on any atom is -0.392 e. The van der Waals surface area contributed by atoms with Gasteiger partial charge in [0, 0.05) is 11.3 Å². The molecule has 2 atom stereocenters. The van der Waals surface area contributed by atoms with Crippen LogP contribution in [0.25, 0.3) is 0 Å². The number of nitrogens with zero attached hydrogens (tertiary/aromatic N) is 3. The Morgan fingerprint density at radius 1 is 1.40 bits per heavy atom. The van der Waals surface area contributed by atoms with Crippen molar-refractivity contribution in [3.63, 3.8) is 0 Å². The Hall–Kier alpha value is -0.550. The fourth-order valence-electron chi connectivity index (χ4n) is 1.15. The Kier molecular flexibility index (Phi) is 4.60. The first-order valence-corrected chi connectivity index (χ1v) is 6.25. The molecule has 4 nitrogen and oxygen atoms in total. The highest BCUT2D eigenvalue weighted by molar-refractivity contribution is 7.99.